The molecule has 1 saturated heterocycles. The number of likely N-dealkylation sites (tertiary alicyclic amines) is 1. The van der Waals surface area contributed by atoms with Gasteiger partial charge in [0.05, 0.1) is 0 Å². The second kappa shape index (κ2) is 6.55. The number of nitrogens with zero attached hydrogens (tertiary/aromatic N) is 1. The Morgan fingerprint density at radius 2 is 2.06 bits per heavy atom. The van der Waals surface area contributed by atoms with Gasteiger partial charge in [-0.1, -0.05) is 19.8 Å². The van der Waals surface area contributed by atoms with Crippen LogP contribution in [-0.4, -0.2) is 36.5 Å². The molecule has 1 aliphatic heterocycles. The maximum atomic E-state index is 11.2. The van der Waals surface area contributed by atoms with Gasteiger partial charge in [-0.2, -0.15) is 0 Å². The highest BCUT2D eigenvalue weighted by Gasteiger charge is 2.31. The maximum absolute atomic E-state index is 11.2. The lowest BCUT2D eigenvalue weighted by Gasteiger charge is -2.38. The van der Waals surface area contributed by atoms with Gasteiger partial charge in [0, 0.05) is 32.6 Å². The first kappa shape index (κ1) is 13.9. The molecule has 104 valence electrons. The van der Waals surface area contributed by atoms with Crippen molar-refractivity contribution in [2.75, 3.05) is 19.6 Å². The zero-order valence-corrected chi connectivity index (χ0v) is 12.0. The summed E-state index contributed by atoms with van der Waals surface area (Å²) in [7, 11) is 0. The predicted molar refractivity (Wildman–Crippen MR) is 74.4 cm³/mol. The number of piperidine rings is 1. The number of amides is 1. The maximum Gasteiger partial charge on any atom is 0.217 e. The first-order valence-electron chi connectivity index (χ1n) is 7.66. The summed E-state index contributed by atoms with van der Waals surface area (Å²) in [6.45, 7) is 7.49. The Morgan fingerprint density at radius 3 is 2.67 bits per heavy atom. The van der Waals surface area contributed by atoms with E-state index in [4.69, 9.17) is 0 Å². The molecule has 0 aromatic carbocycles. The summed E-state index contributed by atoms with van der Waals surface area (Å²) in [6.07, 6.45) is 7.95. The van der Waals surface area contributed by atoms with Crippen LogP contribution in [0.3, 0.4) is 0 Å². The van der Waals surface area contributed by atoms with E-state index in [9.17, 15) is 4.79 Å². The molecule has 2 atom stereocenters. The highest BCUT2D eigenvalue weighted by molar-refractivity contribution is 5.73. The molecule has 3 nitrogen and oxygen atoms in total. The largest absolute Gasteiger partial charge is 0.352 e. The summed E-state index contributed by atoms with van der Waals surface area (Å²) in [4.78, 5) is 13.8. The van der Waals surface area contributed by atoms with Gasteiger partial charge in [-0.15, -0.1) is 0 Å². The summed E-state index contributed by atoms with van der Waals surface area (Å²) in [5.41, 5.74) is 0. The van der Waals surface area contributed by atoms with Crippen molar-refractivity contribution >= 4 is 5.91 Å². The van der Waals surface area contributed by atoms with E-state index < -0.39 is 0 Å². The first-order valence-corrected chi connectivity index (χ1v) is 7.66. The molecular weight excluding hydrogens is 224 g/mol. The van der Waals surface area contributed by atoms with Crippen molar-refractivity contribution < 1.29 is 4.79 Å². The molecule has 18 heavy (non-hydrogen) atoms. The fourth-order valence-corrected chi connectivity index (χ4v) is 3.21. The standard InChI is InChI=1S/C15H28N2O/c1-3-4-5-14-8-15(16-12(2)18)11-17(10-14)9-13-6-7-13/h13-15H,3-11H2,1-2H3,(H,16,18). The van der Waals surface area contributed by atoms with Crippen LogP contribution in [0.2, 0.25) is 0 Å². The molecule has 1 saturated carbocycles. The number of hydrogen-bond donors (Lipinski definition) is 1. The number of rotatable bonds is 6. The van der Waals surface area contributed by atoms with Crippen molar-refractivity contribution in [3.63, 3.8) is 0 Å². The van der Waals surface area contributed by atoms with Crippen molar-refractivity contribution in [3.8, 4) is 0 Å². The molecule has 0 radical (unpaired) electrons. The van der Waals surface area contributed by atoms with Crippen LogP contribution in [0.15, 0.2) is 0 Å². The van der Waals surface area contributed by atoms with Crippen molar-refractivity contribution in [2.45, 2.75) is 58.4 Å². The molecule has 2 aliphatic rings. The van der Waals surface area contributed by atoms with Gasteiger partial charge in [-0.05, 0) is 37.5 Å². The van der Waals surface area contributed by atoms with Crippen LogP contribution >= 0.6 is 0 Å². The van der Waals surface area contributed by atoms with Gasteiger partial charge in [-0.25, -0.2) is 0 Å². The van der Waals surface area contributed by atoms with Crippen LogP contribution in [0, 0.1) is 11.8 Å². The van der Waals surface area contributed by atoms with Crippen molar-refractivity contribution in [2.24, 2.45) is 11.8 Å². The highest BCUT2D eigenvalue weighted by Crippen LogP contribution is 2.32. The molecule has 1 N–H and O–H groups in total. The Kier molecular flexibility index (Phi) is 5.04. The Balaban J connectivity index is 1.84. The quantitative estimate of drug-likeness (QED) is 0.787. The van der Waals surface area contributed by atoms with E-state index in [-0.39, 0.29) is 5.91 Å². The lowest BCUT2D eigenvalue weighted by atomic mass is 9.89. The third-order valence-corrected chi connectivity index (χ3v) is 4.20. The predicted octanol–water partition coefficient (Wildman–Crippen LogP) is 2.41. The molecule has 2 unspecified atom stereocenters. The molecule has 0 bridgehead atoms. The Labute approximate surface area is 111 Å². The van der Waals surface area contributed by atoms with Crippen molar-refractivity contribution in [1.82, 2.24) is 10.2 Å². The monoisotopic (exact) mass is 252 g/mol. The minimum absolute atomic E-state index is 0.127. The van der Waals surface area contributed by atoms with Gasteiger partial charge in [0.15, 0.2) is 0 Å². The van der Waals surface area contributed by atoms with Gasteiger partial charge in [0.2, 0.25) is 5.91 Å². The zero-order chi connectivity index (χ0) is 13.0. The van der Waals surface area contributed by atoms with Crippen LogP contribution < -0.4 is 5.32 Å². The van der Waals surface area contributed by atoms with E-state index in [0.29, 0.717) is 6.04 Å². The fourth-order valence-electron chi connectivity index (χ4n) is 3.21. The third kappa shape index (κ3) is 4.60. The number of unbranched alkanes of at least 4 members (excludes halogenated alkanes) is 1. The van der Waals surface area contributed by atoms with Crippen molar-refractivity contribution in [3.05, 3.63) is 0 Å². The number of carbonyl (C=O) groups excluding carboxylic acids is 1. The van der Waals surface area contributed by atoms with E-state index in [0.717, 1.165) is 18.4 Å². The summed E-state index contributed by atoms with van der Waals surface area (Å²) in [6, 6.07) is 0.386. The van der Waals surface area contributed by atoms with Crippen LogP contribution in [0.1, 0.15) is 52.4 Å². The van der Waals surface area contributed by atoms with E-state index in [1.807, 2.05) is 0 Å². The average molecular weight is 252 g/mol. The molecule has 0 spiro atoms. The van der Waals surface area contributed by atoms with E-state index in [2.05, 4.69) is 17.1 Å². The molecule has 1 amide bonds. The molecule has 3 heteroatoms. The third-order valence-electron chi connectivity index (χ3n) is 4.20. The summed E-state index contributed by atoms with van der Waals surface area (Å²) >= 11 is 0. The van der Waals surface area contributed by atoms with Gasteiger partial charge in [0.25, 0.3) is 0 Å². The summed E-state index contributed by atoms with van der Waals surface area (Å²) < 4.78 is 0. The van der Waals surface area contributed by atoms with Crippen molar-refractivity contribution in [1.29, 1.82) is 0 Å². The molecule has 1 heterocycles. The highest BCUT2D eigenvalue weighted by atomic mass is 16.1. The Bertz CT molecular complexity index is 276. The van der Waals surface area contributed by atoms with E-state index >= 15 is 0 Å². The molecular formula is C15H28N2O. The average Bonchev–Trinajstić information content (AvgIpc) is 3.09. The van der Waals surface area contributed by atoms with E-state index in [1.54, 1.807) is 6.92 Å². The van der Waals surface area contributed by atoms with Crippen LogP contribution in [0.25, 0.3) is 0 Å². The topological polar surface area (TPSA) is 32.3 Å². The van der Waals surface area contributed by atoms with Gasteiger partial charge >= 0.3 is 0 Å². The number of hydrogen-bond acceptors (Lipinski definition) is 2. The first-order chi connectivity index (χ1) is 8.67. The van der Waals surface area contributed by atoms with Gasteiger partial charge in [-0.3, -0.25) is 4.79 Å². The molecule has 2 rings (SSSR count). The second-order valence-corrected chi connectivity index (χ2v) is 6.30. The minimum atomic E-state index is 0.127. The zero-order valence-electron chi connectivity index (χ0n) is 12.0. The van der Waals surface area contributed by atoms with Crippen LogP contribution in [0.4, 0.5) is 0 Å². The Morgan fingerprint density at radius 1 is 1.28 bits per heavy atom. The lowest BCUT2D eigenvalue weighted by molar-refractivity contribution is -0.120. The van der Waals surface area contributed by atoms with Crippen LogP contribution in [-0.2, 0) is 4.79 Å². The van der Waals surface area contributed by atoms with Crippen LogP contribution in [0.5, 0.6) is 0 Å². The summed E-state index contributed by atoms with van der Waals surface area (Å²) in [5, 5.41) is 3.13. The molecule has 0 aromatic heterocycles. The minimum Gasteiger partial charge on any atom is -0.352 e. The SMILES string of the molecule is CCCCC1CC(NC(C)=O)CN(CC2CC2)C1. The smallest absolute Gasteiger partial charge is 0.217 e. The normalized spacial score (nSPS) is 29.2. The van der Waals surface area contributed by atoms with Gasteiger partial charge < -0.3 is 10.2 Å². The molecule has 0 aromatic rings. The lowest BCUT2D eigenvalue weighted by Crippen LogP contribution is -2.50. The second-order valence-electron chi connectivity index (χ2n) is 6.30. The van der Waals surface area contributed by atoms with Gasteiger partial charge in [0.1, 0.15) is 0 Å². The van der Waals surface area contributed by atoms with E-state index in [1.165, 1.54) is 51.6 Å². The summed E-state index contributed by atoms with van der Waals surface area (Å²) in [5.74, 6) is 1.87. The number of nitrogens with one attached hydrogen (secondary N) is 1. The fraction of sp³-hybridized carbons (Fsp3) is 0.933. The molecule has 2 fully saturated rings. The Hall–Kier alpha value is -0.570. The molecule has 1 aliphatic carbocycles. The number of carbonyl (C=O) groups is 1.